The first-order valence-corrected chi connectivity index (χ1v) is 7.04. The lowest BCUT2D eigenvalue weighted by Crippen LogP contribution is -2.39. The molecule has 3 heterocycles. The summed E-state index contributed by atoms with van der Waals surface area (Å²) in [5.41, 5.74) is 1.42. The first kappa shape index (κ1) is 13.5. The first-order chi connectivity index (χ1) is 9.74. The van der Waals surface area contributed by atoms with Gasteiger partial charge in [-0.15, -0.1) is 0 Å². The van der Waals surface area contributed by atoms with Gasteiger partial charge < -0.3 is 10.1 Å². The van der Waals surface area contributed by atoms with Gasteiger partial charge in [0.25, 0.3) is 0 Å². The van der Waals surface area contributed by atoms with Crippen LogP contribution in [-0.4, -0.2) is 64.5 Å². The molecule has 7 nitrogen and oxygen atoms in total. The van der Waals surface area contributed by atoms with Crippen molar-refractivity contribution in [3.05, 3.63) is 10.8 Å². The molecule has 2 aromatic heterocycles. The number of fused-ring (bicyclic) bond motifs is 1. The van der Waals surface area contributed by atoms with E-state index in [-0.39, 0.29) is 0 Å². The Morgan fingerprint density at radius 1 is 1.35 bits per heavy atom. The number of hydrogen-bond donors (Lipinski definition) is 2. The minimum absolute atomic E-state index is 0.484. The van der Waals surface area contributed by atoms with Gasteiger partial charge in [0.05, 0.1) is 24.3 Å². The molecule has 8 heteroatoms. The van der Waals surface area contributed by atoms with Gasteiger partial charge in [0.2, 0.25) is 5.95 Å². The van der Waals surface area contributed by atoms with Crippen LogP contribution in [0.2, 0.25) is 5.15 Å². The molecule has 2 N–H and O–H groups in total. The summed E-state index contributed by atoms with van der Waals surface area (Å²) in [5, 5.41) is 11.3. The van der Waals surface area contributed by atoms with Gasteiger partial charge in [-0.3, -0.25) is 10.00 Å². The van der Waals surface area contributed by atoms with E-state index < -0.39 is 0 Å². The van der Waals surface area contributed by atoms with E-state index in [4.69, 9.17) is 16.3 Å². The fourth-order valence-electron chi connectivity index (χ4n) is 2.28. The summed E-state index contributed by atoms with van der Waals surface area (Å²) in [6.07, 6.45) is 0. The van der Waals surface area contributed by atoms with E-state index >= 15 is 0 Å². The molecular weight excluding hydrogens is 280 g/mol. The number of H-pyrrole nitrogens is 1. The molecule has 1 fully saturated rings. The highest BCUT2D eigenvalue weighted by molar-refractivity contribution is 6.34. The molecule has 0 radical (unpaired) electrons. The number of nitrogens with zero attached hydrogens (tertiary/aromatic N) is 4. The van der Waals surface area contributed by atoms with E-state index in [9.17, 15) is 0 Å². The summed E-state index contributed by atoms with van der Waals surface area (Å²) >= 11 is 6.00. The molecule has 0 unspecified atom stereocenters. The topological polar surface area (TPSA) is 79.0 Å². The molecule has 1 aliphatic heterocycles. The second-order valence-electron chi connectivity index (χ2n) is 4.75. The van der Waals surface area contributed by atoms with Crippen molar-refractivity contribution in [2.45, 2.75) is 6.92 Å². The number of rotatable bonds is 4. The fraction of sp³-hybridized carbons (Fsp3) is 0.583. The Morgan fingerprint density at radius 3 is 2.95 bits per heavy atom. The average molecular weight is 297 g/mol. The lowest BCUT2D eigenvalue weighted by molar-refractivity contribution is 0.0398. The van der Waals surface area contributed by atoms with Crippen molar-refractivity contribution in [2.75, 3.05) is 44.7 Å². The zero-order valence-electron chi connectivity index (χ0n) is 11.3. The maximum atomic E-state index is 6.00. The van der Waals surface area contributed by atoms with Gasteiger partial charge in [-0.2, -0.15) is 10.1 Å². The molecular formula is C12H17ClN6O. The number of aryl methyl sites for hydroxylation is 1. The molecule has 108 valence electrons. The summed E-state index contributed by atoms with van der Waals surface area (Å²) in [4.78, 5) is 11.1. The Hall–Kier alpha value is -1.44. The third-order valence-electron chi connectivity index (χ3n) is 3.37. The lowest BCUT2D eigenvalue weighted by Gasteiger charge is -2.26. The molecule has 1 aliphatic rings. The monoisotopic (exact) mass is 296 g/mol. The predicted molar refractivity (Wildman–Crippen MR) is 77.2 cm³/mol. The Kier molecular flexibility index (Phi) is 4.00. The SMILES string of the molecule is Cc1nc(NCCN2CCOCC2)nc2n[nH]c(Cl)c12. The molecule has 0 aliphatic carbocycles. The molecule has 1 saturated heterocycles. The van der Waals surface area contributed by atoms with Gasteiger partial charge in [0.15, 0.2) is 5.65 Å². The number of morpholine rings is 1. The van der Waals surface area contributed by atoms with Crippen LogP contribution in [0, 0.1) is 6.92 Å². The van der Waals surface area contributed by atoms with Gasteiger partial charge in [0, 0.05) is 26.2 Å². The summed E-state index contributed by atoms with van der Waals surface area (Å²) in [6, 6.07) is 0. The molecule has 20 heavy (non-hydrogen) atoms. The van der Waals surface area contributed by atoms with E-state index in [0.29, 0.717) is 16.7 Å². The fourth-order valence-corrected chi connectivity index (χ4v) is 2.55. The maximum Gasteiger partial charge on any atom is 0.225 e. The zero-order chi connectivity index (χ0) is 13.9. The van der Waals surface area contributed by atoms with Crippen LogP contribution in [0.5, 0.6) is 0 Å². The largest absolute Gasteiger partial charge is 0.379 e. The van der Waals surface area contributed by atoms with Crippen molar-refractivity contribution in [2.24, 2.45) is 0 Å². The third-order valence-corrected chi connectivity index (χ3v) is 3.64. The molecule has 0 atom stereocenters. The van der Waals surface area contributed by atoms with Crippen molar-refractivity contribution in [1.29, 1.82) is 0 Å². The van der Waals surface area contributed by atoms with E-state index in [2.05, 4.69) is 30.4 Å². The van der Waals surface area contributed by atoms with Gasteiger partial charge in [-0.1, -0.05) is 11.6 Å². The van der Waals surface area contributed by atoms with Crippen LogP contribution >= 0.6 is 11.6 Å². The number of nitrogens with one attached hydrogen (secondary N) is 2. The van der Waals surface area contributed by atoms with E-state index in [0.717, 1.165) is 50.5 Å². The Balaban J connectivity index is 1.62. The highest BCUT2D eigenvalue weighted by atomic mass is 35.5. The molecule has 0 aromatic carbocycles. The molecule has 0 saturated carbocycles. The summed E-state index contributed by atoms with van der Waals surface area (Å²) in [7, 11) is 0. The summed E-state index contributed by atoms with van der Waals surface area (Å²) < 4.78 is 5.32. The van der Waals surface area contributed by atoms with E-state index in [1.54, 1.807) is 0 Å². The Labute approximate surface area is 121 Å². The Bertz CT molecular complexity index is 595. The summed E-state index contributed by atoms with van der Waals surface area (Å²) in [6.45, 7) is 7.23. The van der Waals surface area contributed by atoms with Crippen LogP contribution in [0.1, 0.15) is 5.69 Å². The quantitative estimate of drug-likeness (QED) is 0.878. The van der Waals surface area contributed by atoms with Gasteiger partial charge in [0.1, 0.15) is 5.15 Å². The second kappa shape index (κ2) is 5.90. The predicted octanol–water partition coefficient (Wildman–Crippen LogP) is 1.06. The molecule has 0 bridgehead atoms. The van der Waals surface area contributed by atoms with Crippen LogP contribution in [0.15, 0.2) is 0 Å². The standard InChI is InChI=1S/C12H17ClN6O/c1-8-9-10(13)17-18-11(9)16-12(15-8)14-2-3-19-4-6-20-7-5-19/h2-7H2,1H3,(H2,14,15,16,17,18). The van der Waals surface area contributed by atoms with Crippen molar-refractivity contribution >= 4 is 28.6 Å². The number of aromatic nitrogens is 4. The number of ether oxygens (including phenoxy) is 1. The van der Waals surface area contributed by atoms with Gasteiger partial charge in [-0.25, -0.2) is 4.98 Å². The summed E-state index contributed by atoms with van der Waals surface area (Å²) in [5.74, 6) is 0.589. The van der Waals surface area contributed by atoms with Crippen LogP contribution in [-0.2, 0) is 4.74 Å². The van der Waals surface area contributed by atoms with E-state index in [1.807, 2.05) is 6.92 Å². The normalized spacial score (nSPS) is 16.7. The minimum atomic E-state index is 0.484. The molecule has 0 spiro atoms. The van der Waals surface area contributed by atoms with Crippen molar-refractivity contribution in [3.63, 3.8) is 0 Å². The van der Waals surface area contributed by atoms with Crippen molar-refractivity contribution in [1.82, 2.24) is 25.1 Å². The van der Waals surface area contributed by atoms with Gasteiger partial charge in [-0.05, 0) is 6.92 Å². The molecule has 0 amide bonds. The van der Waals surface area contributed by atoms with Crippen molar-refractivity contribution in [3.8, 4) is 0 Å². The Morgan fingerprint density at radius 2 is 2.15 bits per heavy atom. The number of anilines is 1. The number of aromatic amines is 1. The lowest BCUT2D eigenvalue weighted by atomic mass is 10.3. The third kappa shape index (κ3) is 2.84. The second-order valence-corrected chi connectivity index (χ2v) is 5.13. The maximum absolute atomic E-state index is 6.00. The smallest absolute Gasteiger partial charge is 0.225 e. The van der Waals surface area contributed by atoms with Crippen LogP contribution in [0.25, 0.3) is 11.0 Å². The highest BCUT2D eigenvalue weighted by Crippen LogP contribution is 2.22. The van der Waals surface area contributed by atoms with Crippen LogP contribution in [0.3, 0.4) is 0 Å². The van der Waals surface area contributed by atoms with Crippen molar-refractivity contribution < 1.29 is 4.74 Å². The van der Waals surface area contributed by atoms with E-state index in [1.165, 1.54) is 0 Å². The zero-order valence-corrected chi connectivity index (χ0v) is 12.1. The number of hydrogen-bond acceptors (Lipinski definition) is 6. The average Bonchev–Trinajstić information content (AvgIpc) is 2.82. The number of halogens is 1. The molecule has 3 rings (SSSR count). The first-order valence-electron chi connectivity index (χ1n) is 6.66. The highest BCUT2D eigenvalue weighted by Gasteiger charge is 2.12. The minimum Gasteiger partial charge on any atom is -0.379 e. The van der Waals surface area contributed by atoms with Gasteiger partial charge >= 0.3 is 0 Å². The van der Waals surface area contributed by atoms with Crippen LogP contribution < -0.4 is 5.32 Å². The van der Waals surface area contributed by atoms with Crippen LogP contribution in [0.4, 0.5) is 5.95 Å². The molecule has 2 aromatic rings.